The van der Waals surface area contributed by atoms with Gasteiger partial charge in [0.15, 0.2) is 0 Å². The van der Waals surface area contributed by atoms with Crippen LogP contribution in [0.15, 0.2) is 30.5 Å². The molecule has 9 heteroatoms. The molecule has 1 N–H and O–H groups in total. The number of amides is 1. The fraction of sp³-hybridized carbons (Fsp3) is 0.522. The Morgan fingerprint density at radius 1 is 1.22 bits per heavy atom. The summed E-state index contributed by atoms with van der Waals surface area (Å²) in [6.45, 7) is 1.70. The summed E-state index contributed by atoms with van der Waals surface area (Å²) in [5.74, 6) is -1.87. The van der Waals surface area contributed by atoms with Gasteiger partial charge in [-0.25, -0.2) is 0 Å². The van der Waals surface area contributed by atoms with E-state index in [2.05, 4.69) is 21.3 Å². The van der Waals surface area contributed by atoms with Gasteiger partial charge >= 0.3 is 6.18 Å². The molecular weight excluding hydrogens is 419 g/mol. The van der Waals surface area contributed by atoms with Crippen molar-refractivity contribution in [2.24, 2.45) is 11.8 Å². The number of nitrogens with one attached hydrogen (secondary N) is 1. The number of piperidine rings is 2. The average Bonchev–Trinajstić information content (AvgIpc) is 2.78. The second-order valence-electron chi connectivity index (χ2n) is 8.81. The number of carbonyl (C=O) groups excluding carboxylic acids is 1. The van der Waals surface area contributed by atoms with Gasteiger partial charge in [0.05, 0.1) is 17.0 Å². The van der Waals surface area contributed by atoms with Crippen LogP contribution in [0, 0.1) is 23.2 Å². The van der Waals surface area contributed by atoms with E-state index in [1.54, 1.807) is 35.4 Å². The van der Waals surface area contributed by atoms with Crippen LogP contribution in [0.25, 0.3) is 10.9 Å². The first-order chi connectivity index (χ1) is 15.3. The van der Waals surface area contributed by atoms with E-state index >= 15 is 0 Å². The largest absolute Gasteiger partial charge is 0.393 e. The van der Waals surface area contributed by atoms with Crippen LogP contribution >= 0.6 is 0 Å². The standard InChI is InChI=1S/C23H26F3N5O/c1-30-9-6-15(7-10-30)22(32)29-18-11-17(23(24,25)26)13-31(14-18)20-5-4-16(12-27)21-19(20)3-2-8-28-21/h2-5,8,15,17-18H,6-7,9-11,13-14H2,1H3,(H,29,32)/t17?,18-/m1/s1. The molecule has 2 fully saturated rings. The van der Waals surface area contributed by atoms with Crippen LogP contribution in [0.1, 0.15) is 24.8 Å². The Morgan fingerprint density at radius 2 is 1.97 bits per heavy atom. The molecule has 0 aliphatic carbocycles. The minimum atomic E-state index is -4.37. The van der Waals surface area contributed by atoms with E-state index in [1.165, 1.54) is 0 Å². The Hall–Kier alpha value is -2.86. The molecule has 6 nitrogen and oxygen atoms in total. The molecule has 0 spiro atoms. The lowest BCUT2D eigenvalue weighted by atomic mass is 9.91. The van der Waals surface area contributed by atoms with Crippen molar-refractivity contribution in [1.29, 1.82) is 5.26 Å². The number of nitrogens with zero attached hydrogens (tertiary/aromatic N) is 4. The molecule has 2 aliphatic rings. The summed E-state index contributed by atoms with van der Waals surface area (Å²) in [5, 5.41) is 12.9. The lowest BCUT2D eigenvalue weighted by Gasteiger charge is -2.41. The normalized spacial score (nSPS) is 23.2. The number of anilines is 1. The van der Waals surface area contributed by atoms with Gasteiger partial charge < -0.3 is 15.1 Å². The van der Waals surface area contributed by atoms with Crippen LogP contribution in [-0.4, -0.2) is 61.2 Å². The van der Waals surface area contributed by atoms with Crippen LogP contribution in [0.4, 0.5) is 18.9 Å². The van der Waals surface area contributed by atoms with Gasteiger partial charge in [0.2, 0.25) is 5.91 Å². The maximum absolute atomic E-state index is 13.8. The summed E-state index contributed by atoms with van der Waals surface area (Å²) in [4.78, 5) is 20.9. The minimum absolute atomic E-state index is 0.134. The highest BCUT2D eigenvalue weighted by Crippen LogP contribution is 2.37. The maximum atomic E-state index is 13.8. The summed E-state index contributed by atoms with van der Waals surface area (Å²) >= 11 is 0. The van der Waals surface area contributed by atoms with E-state index in [-0.39, 0.29) is 31.3 Å². The zero-order chi connectivity index (χ0) is 22.9. The van der Waals surface area contributed by atoms with Crippen LogP contribution < -0.4 is 10.2 Å². The second-order valence-corrected chi connectivity index (χ2v) is 8.81. The van der Waals surface area contributed by atoms with Crippen molar-refractivity contribution in [2.75, 3.05) is 38.1 Å². The van der Waals surface area contributed by atoms with Crippen molar-refractivity contribution in [3.8, 4) is 6.07 Å². The molecule has 32 heavy (non-hydrogen) atoms. The highest BCUT2D eigenvalue weighted by atomic mass is 19.4. The number of fused-ring (bicyclic) bond motifs is 1. The van der Waals surface area contributed by atoms with Crippen LogP contribution in [-0.2, 0) is 4.79 Å². The third-order valence-corrected chi connectivity index (χ3v) is 6.56. The highest BCUT2D eigenvalue weighted by Gasteiger charge is 2.45. The minimum Gasteiger partial charge on any atom is -0.368 e. The average molecular weight is 445 g/mol. The van der Waals surface area contributed by atoms with E-state index in [0.717, 1.165) is 13.1 Å². The molecule has 1 aromatic heterocycles. The van der Waals surface area contributed by atoms with Gasteiger partial charge in [-0.1, -0.05) is 0 Å². The highest BCUT2D eigenvalue weighted by molar-refractivity contribution is 5.95. The third-order valence-electron chi connectivity index (χ3n) is 6.56. The molecule has 1 amide bonds. The summed E-state index contributed by atoms with van der Waals surface area (Å²) in [6, 6.07) is 8.22. The zero-order valence-corrected chi connectivity index (χ0v) is 17.9. The van der Waals surface area contributed by atoms with Gasteiger partial charge in [-0.05, 0) is 63.7 Å². The topological polar surface area (TPSA) is 72.3 Å². The number of carbonyl (C=O) groups is 1. The monoisotopic (exact) mass is 445 g/mol. The molecule has 2 aromatic rings. The Morgan fingerprint density at radius 3 is 2.66 bits per heavy atom. The number of benzene rings is 1. The number of rotatable bonds is 3. The van der Waals surface area contributed by atoms with Crippen molar-refractivity contribution in [3.05, 3.63) is 36.0 Å². The fourth-order valence-corrected chi connectivity index (χ4v) is 4.75. The number of likely N-dealkylation sites (tertiary alicyclic amines) is 1. The number of hydrogen-bond acceptors (Lipinski definition) is 5. The molecule has 1 aromatic carbocycles. The van der Waals surface area contributed by atoms with Crippen molar-refractivity contribution < 1.29 is 18.0 Å². The quantitative estimate of drug-likeness (QED) is 0.785. The molecule has 2 atom stereocenters. The molecule has 2 aliphatic heterocycles. The third kappa shape index (κ3) is 4.65. The van der Waals surface area contributed by atoms with Crippen molar-refractivity contribution in [3.63, 3.8) is 0 Å². The van der Waals surface area contributed by atoms with E-state index in [9.17, 15) is 23.2 Å². The molecule has 170 valence electrons. The molecule has 1 unspecified atom stereocenters. The lowest BCUT2D eigenvalue weighted by molar-refractivity contribution is -0.178. The number of pyridine rings is 1. The molecule has 0 radical (unpaired) electrons. The number of halogens is 3. The Bertz CT molecular complexity index is 1030. The van der Waals surface area contributed by atoms with Gasteiger partial charge in [-0.15, -0.1) is 0 Å². The first-order valence-corrected chi connectivity index (χ1v) is 10.8. The summed E-state index contributed by atoms with van der Waals surface area (Å²) in [5.41, 5.74) is 1.44. The molecular formula is C23H26F3N5O. The second kappa shape index (κ2) is 8.94. The molecule has 3 heterocycles. The van der Waals surface area contributed by atoms with Crippen LogP contribution in [0.3, 0.4) is 0 Å². The van der Waals surface area contributed by atoms with E-state index in [1.807, 2.05) is 7.05 Å². The summed E-state index contributed by atoms with van der Waals surface area (Å²) < 4.78 is 41.3. The zero-order valence-electron chi connectivity index (χ0n) is 17.9. The first-order valence-electron chi connectivity index (χ1n) is 10.8. The van der Waals surface area contributed by atoms with Crippen molar-refractivity contribution >= 4 is 22.5 Å². The van der Waals surface area contributed by atoms with Crippen LogP contribution in [0.5, 0.6) is 0 Å². The Kier molecular flexibility index (Phi) is 6.24. The van der Waals surface area contributed by atoms with Gasteiger partial charge in [-0.3, -0.25) is 9.78 Å². The smallest absolute Gasteiger partial charge is 0.368 e. The predicted molar refractivity (Wildman–Crippen MR) is 115 cm³/mol. The van der Waals surface area contributed by atoms with Gasteiger partial charge in [0.1, 0.15) is 6.07 Å². The Labute approximate surface area is 185 Å². The summed E-state index contributed by atoms with van der Waals surface area (Å²) in [6.07, 6.45) is -1.51. The molecule has 2 saturated heterocycles. The molecule has 0 bridgehead atoms. The number of aromatic nitrogens is 1. The molecule has 4 rings (SSSR count). The predicted octanol–water partition coefficient (Wildman–Crippen LogP) is 3.32. The van der Waals surface area contributed by atoms with E-state index in [0.29, 0.717) is 35.0 Å². The Balaban J connectivity index is 1.60. The maximum Gasteiger partial charge on any atom is 0.393 e. The van der Waals surface area contributed by atoms with Gasteiger partial charge in [-0.2, -0.15) is 18.4 Å². The lowest BCUT2D eigenvalue weighted by Crippen LogP contribution is -2.55. The van der Waals surface area contributed by atoms with Gasteiger partial charge in [0.25, 0.3) is 0 Å². The number of hydrogen-bond donors (Lipinski definition) is 1. The number of nitriles is 1. The van der Waals surface area contributed by atoms with E-state index in [4.69, 9.17) is 0 Å². The van der Waals surface area contributed by atoms with Gasteiger partial charge in [0, 0.05) is 42.3 Å². The summed E-state index contributed by atoms with van der Waals surface area (Å²) in [7, 11) is 2.00. The molecule has 0 saturated carbocycles. The fourth-order valence-electron chi connectivity index (χ4n) is 4.75. The number of alkyl halides is 3. The van der Waals surface area contributed by atoms with E-state index < -0.39 is 18.1 Å². The SMILES string of the molecule is CN1CCC(C(=O)N[C@@H]2CC(C(F)(F)F)CN(c3ccc(C#N)c4ncccc34)C2)CC1. The van der Waals surface area contributed by atoms with Crippen molar-refractivity contribution in [2.45, 2.75) is 31.5 Å². The van der Waals surface area contributed by atoms with Crippen molar-refractivity contribution in [1.82, 2.24) is 15.2 Å². The first kappa shape index (κ1) is 22.3. The van der Waals surface area contributed by atoms with Crippen LogP contribution in [0.2, 0.25) is 0 Å².